The van der Waals surface area contributed by atoms with Crippen molar-refractivity contribution in [3.63, 3.8) is 0 Å². The minimum absolute atomic E-state index is 0.00571. The summed E-state index contributed by atoms with van der Waals surface area (Å²) in [5, 5.41) is 0. The maximum atomic E-state index is 11.6. The summed E-state index contributed by atoms with van der Waals surface area (Å²) < 4.78 is 23.2. The number of anilines is 1. The van der Waals surface area contributed by atoms with E-state index in [-0.39, 0.29) is 17.5 Å². The molecule has 1 aromatic rings. The Hall–Kier alpha value is -1.14. The van der Waals surface area contributed by atoms with Crippen LogP contribution in [0.25, 0.3) is 0 Å². The van der Waals surface area contributed by atoms with E-state index in [0.29, 0.717) is 11.5 Å². The number of aryl methyl sites for hydroxylation is 1. The molecule has 0 amide bonds. The number of thiocarbonyl (C=S) groups is 1. The first-order valence-corrected chi connectivity index (χ1v) is 8.40. The van der Waals surface area contributed by atoms with Crippen LogP contribution in [-0.4, -0.2) is 37.5 Å². The van der Waals surface area contributed by atoms with Gasteiger partial charge in [-0.05, 0) is 37.6 Å². The van der Waals surface area contributed by atoms with Crippen LogP contribution in [0.15, 0.2) is 18.2 Å². The molecular weight excluding hydrogens is 280 g/mol. The molecule has 0 saturated carbocycles. The Bertz CT molecular complexity index is 611. The fourth-order valence-electron chi connectivity index (χ4n) is 2.49. The highest BCUT2D eigenvalue weighted by Gasteiger charge is 2.28. The highest BCUT2D eigenvalue weighted by atomic mass is 32.2. The van der Waals surface area contributed by atoms with Crippen LogP contribution in [0.2, 0.25) is 0 Å². The predicted octanol–water partition coefficient (Wildman–Crippen LogP) is 1.25. The van der Waals surface area contributed by atoms with E-state index in [1.807, 2.05) is 32.0 Å². The fraction of sp³-hybridized carbons (Fsp3) is 0.462. The summed E-state index contributed by atoms with van der Waals surface area (Å²) in [6, 6.07) is 5.87. The first kappa shape index (κ1) is 14.3. The van der Waals surface area contributed by atoms with E-state index in [9.17, 15) is 8.42 Å². The first-order chi connectivity index (χ1) is 8.80. The monoisotopic (exact) mass is 298 g/mol. The van der Waals surface area contributed by atoms with Crippen LogP contribution in [0.5, 0.6) is 0 Å². The van der Waals surface area contributed by atoms with E-state index in [1.54, 1.807) is 0 Å². The van der Waals surface area contributed by atoms with Crippen LogP contribution >= 0.6 is 12.2 Å². The van der Waals surface area contributed by atoms with Gasteiger partial charge in [0.1, 0.15) is 4.99 Å². The lowest BCUT2D eigenvalue weighted by molar-refractivity contribution is 0.568. The normalized spacial score (nSPS) is 22.2. The molecular formula is C13H18N2O2S2. The molecule has 2 rings (SSSR count). The Morgan fingerprint density at radius 2 is 2.16 bits per heavy atom. The average molecular weight is 298 g/mol. The average Bonchev–Trinajstić information content (AvgIpc) is 2.26. The summed E-state index contributed by atoms with van der Waals surface area (Å²) in [4.78, 5) is 2.51. The van der Waals surface area contributed by atoms with Crippen molar-refractivity contribution in [1.82, 2.24) is 0 Å². The van der Waals surface area contributed by atoms with Gasteiger partial charge in [0.25, 0.3) is 0 Å². The summed E-state index contributed by atoms with van der Waals surface area (Å²) in [5.74, 6) is 0.427. The van der Waals surface area contributed by atoms with Crippen molar-refractivity contribution in [1.29, 1.82) is 0 Å². The lowest BCUT2D eigenvalue weighted by Crippen LogP contribution is -2.47. The highest BCUT2D eigenvalue weighted by molar-refractivity contribution is 7.91. The van der Waals surface area contributed by atoms with Gasteiger partial charge in [-0.2, -0.15) is 0 Å². The predicted molar refractivity (Wildman–Crippen MR) is 82.5 cm³/mol. The Labute approximate surface area is 119 Å². The number of benzene rings is 1. The van der Waals surface area contributed by atoms with Crippen LogP contribution in [0.4, 0.5) is 5.69 Å². The molecule has 0 bridgehead atoms. The van der Waals surface area contributed by atoms with Gasteiger partial charge in [0.05, 0.1) is 11.5 Å². The molecule has 1 aliphatic rings. The van der Waals surface area contributed by atoms with Gasteiger partial charge in [0, 0.05) is 23.8 Å². The van der Waals surface area contributed by atoms with Gasteiger partial charge >= 0.3 is 0 Å². The van der Waals surface area contributed by atoms with Gasteiger partial charge < -0.3 is 10.6 Å². The molecule has 6 heteroatoms. The Balaban J connectivity index is 2.28. The Kier molecular flexibility index (Phi) is 3.82. The number of nitrogens with two attached hydrogens (primary N) is 1. The molecule has 4 nitrogen and oxygen atoms in total. The highest BCUT2D eigenvalue weighted by Crippen LogP contribution is 2.24. The van der Waals surface area contributed by atoms with Gasteiger partial charge in [-0.15, -0.1) is 0 Å². The maximum Gasteiger partial charge on any atom is 0.154 e. The number of hydrogen-bond donors (Lipinski definition) is 1. The number of nitrogens with zero attached hydrogens (tertiary/aromatic N) is 1. The first-order valence-electron chi connectivity index (χ1n) is 6.18. The molecule has 1 aliphatic heterocycles. The number of rotatable bonds is 2. The van der Waals surface area contributed by atoms with Crippen molar-refractivity contribution in [3.05, 3.63) is 29.3 Å². The smallest absolute Gasteiger partial charge is 0.154 e. The van der Waals surface area contributed by atoms with Crippen molar-refractivity contribution in [2.45, 2.75) is 19.9 Å². The van der Waals surface area contributed by atoms with Gasteiger partial charge in [-0.25, -0.2) is 8.42 Å². The third-order valence-electron chi connectivity index (χ3n) is 3.48. The standard InChI is InChI=1S/C13H18N2O2S2/c1-9-7-11(3-4-12(9)13(14)18)15-5-6-19(16,17)8-10(15)2/h3-4,7,10H,5-6,8H2,1-2H3,(H2,14,18). The SMILES string of the molecule is Cc1cc(N2CCS(=O)(=O)CC2C)ccc1C(N)=S. The molecule has 2 N–H and O–H groups in total. The van der Waals surface area contributed by atoms with E-state index in [1.165, 1.54) is 0 Å². The van der Waals surface area contributed by atoms with Crippen molar-refractivity contribution in [3.8, 4) is 0 Å². The van der Waals surface area contributed by atoms with Gasteiger partial charge in [0.15, 0.2) is 9.84 Å². The molecule has 1 heterocycles. The molecule has 0 radical (unpaired) electrons. The van der Waals surface area contributed by atoms with Crippen molar-refractivity contribution < 1.29 is 8.42 Å². The quantitative estimate of drug-likeness (QED) is 0.833. The van der Waals surface area contributed by atoms with Crippen LogP contribution in [0.3, 0.4) is 0 Å². The summed E-state index contributed by atoms with van der Waals surface area (Å²) >= 11 is 4.99. The second-order valence-corrected chi connectivity index (χ2v) is 7.69. The molecule has 1 fully saturated rings. The van der Waals surface area contributed by atoms with Crippen LogP contribution in [0.1, 0.15) is 18.1 Å². The van der Waals surface area contributed by atoms with Crippen LogP contribution in [0, 0.1) is 6.92 Å². The third-order valence-corrected chi connectivity index (χ3v) is 5.49. The second kappa shape index (κ2) is 5.09. The molecule has 1 atom stereocenters. The molecule has 0 spiro atoms. The minimum atomic E-state index is -2.89. The number of sulfone groups is 1. The summed E-state index contributed by atoms with van der Waals surface area (Å²) in [6.07, 6.45) is 0. The molecule has 1 unspecified atom stereocenters. The lowest BCUT2D eigenvalue weighted by Gasteiger charge is -2.35. The lowest BCUT2D eigenvalue weighted by atomic mass is 10.1. The molecule has 0 aromatic heterocycles. The van der Waals surface area contributed by atoms with Crippen LogP contribution in [-0.2, 0) is 9.84 Å². The van der Waals surface area contributed by atoms with Crippen molar-refractivity contribution in [2.24, 2.45) is 5.73 Å². The summed E-state index contributed by atoms with van der Waals surface area (Å²) in [6.45, 7) is 4.44. The van der Waals surface area contributed by atoms with E-state index in [2.05, 4.69) is 4.90 Å². The van der Waals surface area contributed by atoms with Crippen molar-refractivity contribution in [2.75, 3.05) is 23.0 Å². The molecule has 0 aliphatic carbocycles. The molecule has 1 saturated heterocycles. The maximum absolute atomic E-state index is 11.6. The molecule has 19 heavy (non-hydrogen) atoms. The van der Waals surface area contributed by atoms with Crippen molar-refractivity contribution >= 4 is 32.7 Å². The fourth-order valence-corrected chi connectivity index (χ4v) is 4.27. The molecule has 104 valence electrons. The zero-order chi connectivity index (χ0) is 14.2. The van der Waals surface area contributed by atoms with Gasteiger partial charge in [0.2, 0.25) is 0 Å². The summed E-state index contributed by atoms with van der Waals surface area (Å²) in [7, 11) is -2.89. The van der Waals surface area contributed by atoms with E-state index >= 15 is 0 Å². The number of hydrogen-bond acceptors (Lipinski definition) is 4. The van der Waals surface area contributed by atoms with E-state index < -0.39 is 9.84 Å². The topological polar surface area (TPSA) is 63.4 Å². The largest absolute Gasteiger partial charge is 0.389 e. The zero-order valence-corrected chi connectivity index (χ0v) is 12.7. The Morgan fingerprint density at radius 3 is 2.68 bits per heavy atom. The third kappa shape index (κ3) is 3.06. The molecule has 1 aromatic carbocycles. The second-order valence-electron chi connectivity index (χ2n) is 5.02. The van der Waals surface area contributed by atoms with E-state index in [0.717, 1.165) is 16.8 Å². The van der Waals surface area contributed by atoms with E-state index in [4.69, 9.17) is 18.0 Å². The van der Waals surface area contributed by atoms with Crippen LogP contribution < -0.4 is 10.6 Å². The summed E-state index contributed by atoms with van der Waals surface area (Å²) in [5.41, 5.74) is 8.56. The van der Waals surface area contributed by atoms with Gasteiger partial charge in [-0.3, -0.25) is 0 Å². The zero-order valence-electron chi connectivity index (χ0n) is 11.1. The minimum Gasteiger partial charge on any atom is -0.389 e. The Morgan fingerprint density at radius 1 is 1.47 bits per heavy atom. The van der Waals surface area contributed by atoms with Gasteiger partial charge in [-0.1, -0.05) is 12.2 Å².